The molecule has 7 heteroatoms. The molecule has 2 fully saturated rings. The minimum atomic E-state index is -3.13. The summed E-state index contributed by atoms with van der Waals surface area (Å²) in [4.78, 5) is 14.2. The molecule has 1 atom stereocenters. The molecule has 2 aliphatic heterocycles. The van der Waals surface area contributed by atoms with E-state index in [1.165, 1.54) is 10.6 Å². The maximum atomic E-state index is 12.4. The van der Waals surface area contributed by atoms with Crippen LogP contribution < -0.4 is 0 Å². The molecule has 19 heavy (non-hydrogen) atoms. The van der Waals surface area contributed by atoms with Crippen molar-refractivity contribution in [1.82, 2.24) is 9.21 Å². The van der Waals surface area contributed by atoms with E-state index < -0.39 is 10.0 Å². The average Bonchev–Trinajstić information content (AvgIpc) is 2.38. The predicted octanol–water partition coefficient (Wildman–Crippen LogP) is 0.253. The van der Waals surface area contributed by atoms with Crippen LogP contribution in [0.2, 0.25) is 0 Å². The van der Waals surface area contributed by atoms with Crippen LogP contribution in [0.15, 0.2) is 0 Å². The highest BCUT2D eigenvalue weighted by Gasteiger charge is 2.33. The molecule has 0 N–H and O–H groups in total. The summed E-state index contributed by atoms with van der Waals surface area (Å²) in [7, 11) is -3.13. The van der Waals surface area contributed by atoms with Crippen molar-refractivity contribution in [3.8, 4) is 0 Å². The van der Waals surface area contributed by atoms with Gasteiger partial charge in [0, 0.05) is 25.6 Å². The molecule has 0 aromatic carbocycles. The molecule has 0 bridgehead atoms. The Hall–Kier alpha value is -0.660. The zero-order valence-corrected chi connectivity index (χ0v) is 12.4. The molecule has 0 aromatic rings. The summed E-state index contributed by atoms with van der Waals surface area (Å²) in [5.74, 6) is 0.0440. The maximum absolute atomic E-state index is 12.4. The van der Waals surface area contributed by atoms with Gasteiger partial charge in [0.05, 0.1) is 12.9 Å². The highest BCUT2D eigenvalue weighted by molar-refractivity contribution is 7.88. The number of piperidine rings is 1. The van der Waals surface area contributed by atoms with Crippen LogP contribution in [0.25, 0.3) is 0 Å². The third-order valence-electron chi connectivity index (χ3n) is 3.90. The lowest BCUT2D eigenvalue weighted by molar-refractivity contribution is -0.157. The van der Waals surface area contributed by atoms with Crippen LogP contribution >= 0.6 is 0 Å². The summed E-state index contributed by atoms with van der Waals surface area (Å²) in [5, 5.41) is 0. The van der Waals surface area contributed by atoms with Gasteiger partial charge in [-0.25, -0.2) is 12.7 Å². The van der Waals surface area contributed by atoms with Crippen molar-refractivity contribution in [2.24, 2.45) is 5.92 Å². The predicted molar refractivity (Wildman–Crippen MR) is 70.9 cm³/mol. The Balaban J connectivity index is 1.92. The van der Waals surface area contributed by atoms with Gasteiger partial charge in [-0.15, -0.1) is 0 Å². The smallest absolute Gasteiger partial charge is 0.227 e. The van der Waals surface area contributed by atoms with Gasteiger partial charge in [0.25, 0.3) is 0 Å². The molecule has 110 valence electrons. The molecule has 6 nitrogen and oxygen atoms in total. The third kappa shape index (κ3) is 3.46. The van der Waals surface area contributed by atoms with Crippen molar-refractivity contribution in [3.05, 3.63) is 0 Å². The lowest BCUT2D eigenvalue weighted by atomic mass is 9.96. The highest BCUT2D eigenvalue weighted by Crippen LogP contribution is 2.23. The minimum absolute atomic E-state index is 0.0675. The molecule has 2 aliphatic rings. The molecule has 2 rings (SSSR count). The van der Waals surface area contributed by atoms with Crippen molar-refractivity contribution in [2.75, 3.05) is 32.5 Å². The Morgan fingerprint density at radius 1 is 1.21 bits per heavy atom. The van der Waals surface area contributed by atoms with E-state index in [2.05, 4.69) is 0 Å². The lowest BCUT2D eigenvalue weighted by Crippen LogP contribution is -2.49. The molecule has 0 aromatic heterocycles. The number of rotatable bonds is 2. The van der Waals surface area contributed by atoms with E-state index in [9.17, 15) is 13.2 Å². The van der Waals surface area contributed by atoms with Crippen LogP contribution in [0.4, 0.5) is 0 Å². The molecule has 0 spiro atoms. The van der Waals surface area contributed by atoms with Gasteiger partial charge in [-0.1, -0.05) is 0 Å². The topological polar surface area (TPSA) is 66.9 Å². The Morgan fingerprint density at radius 2 is 1.84 bits per heavy atom. The summed E-state index contributed by atoms with van der Waals surface area (Å²) in [6, 6.07) is 0. The van der Waals surface area contributed by atoms with E-state index >= 15 is 0 Å². The molecular weight excluding hydrogens is 268 g/mol. The van der Waals surface area contributed by atoms with E-state index in [1.54, 1.807) is 4.90 Å². The molecule has 2 saturated heterocycles. The average molecular weight is 290 g/mol. The van der Waals surface area contributed by atoms with E-state index in [-0.39, 0.29) is 18.1 Å². The Kier molecular flexibility index (Phi) is 4.47. The first kappa shape index (κ1) is 14.7. The lowest BCUT2D eigenvalue weighted by Gasteiger charge is -2.38. The zero-order valence-electron chi connectivity index (χ0n) is 11.5. The number of carbonyl (C=O) groups excluding carboxylic acids is 1. The largest absolute Gasteiger partial charge is 0.359 e. The first-order chi connectivity index (χ1) is 8.89. The van der Waals surface area contributed by atoms with Gasteiger partial charge >= 0.3 is 0 Å². The number of sulfonamides is 1. The monoisotopic (exact) mass is 290 g/mol. The SMILES string of the molecule is CC1OCCCN1C(=O)C1CCN(S(C)(=O)=O)CC1. The van der Waals surface area contributed by atoms with E-state index in [1.807, 2.05) is 6.92 Å². The summed E-state index contributed by atoms with van der Waals surface area (Å²) in [6.07, 6.45) is 3.15. The second kappa shape index (κ2) is 5.76. The van der Waals surface area contributed by atoms with Crippen LogP contribution in [-0.4, -0.2) is 62.3 Å². The number of hydrogen-bond donors (Lipinski definition) is 0. The van der Waals surface area contributed by atoms with Gasteiger partial charge in [-0.2, -0.15) is 0 Å². The van der Waals surface area contributed by atoms with Gasteiger partial charge in [-0.3, -0.25) is 4.79 Å². The molecule has 0 saturated carbocycles. The summed E-state index contributed by atoms with van der Waals surface area (Å²) >= 11 is 0. The maximum Gasteiger partial charge on any atom is 0.227 e. The highest BCUT2D eigenvalue weighted by atomic mass is 32.2. The first-order valence-corrected chi connectivity index (χ1v) is 8.61. The first-order valence-electron chi connectivity index (χ1n) is 6.77. The van der Waals surface area contributed by atoms with E-state index in [4.69, 9.17) is 4.74 Å². The van der Waals surface area contributed by atoms with Gasteiger partial charge in [-0.05, 0) is 26.2 Å². The fourth-order valence-corrected chi connectivity index (χ4v) is 3.59. The fourth-order valence-electron chi connectivity index (χ4n) is 2.72. The van der Waals surface area contributed by atoms with Crippen LogP contribution in [0, 0.1) is 5.92 Å². The Morgan fingerprint density at radius 3 is 2.37 bits per heavy atom. The summed E-state index contributed by atoms with van der Waals surface area (Å²) in [5.41, 5.74) is 0. The van der Waals surface area contributed by atoms with Crippen LogP contribution in [-0.2, 0) is 19.6 Å². The molecule has 1 amide bonds. The second-order valence-electron chi connectivity index (χ2n) is 5.29. The number of ether oxygens (including phenoxy) is 1. The van der Waals surface area contributed by atoms with Crippen molar-refractivity contribution in [3.63, 3.8) is 0 Å². The molecule has 2 heterocycles. The normalized spacial score (nSPS) is 27.5. The summed E-state index contributed by atoms with van der Waals surface area (Å²) in [6.45, 7) is 4.23. The van der Waals surface area contributed by atoms with E-state index in [0.717, 1.165) is 13.0 Å². The van der Waals surface area contributed by atoms with Crippen molar-refractivity contribution in [1.29, 1.82) is 0 Å². The van der Waals surface area contributed by atoms with Crippen LogP contribution in [0.3, 0.4) is 0 Å². The van der Waals surface area contributed by atoms with Crippen molar-refractivity contribution in [2.45, 2.75) is 32.4 Å². The van der Waals surface area contributed by atoms with Crippen LogP contribution in [0.5, 0.6) is 0 Å². The molecule has 1 unspecified atom stereocenters. The van der Waals surface area contributed by atoms with Crippen molar-refractivity contribution >= 4 is 15.9 Å². The van der Waals surface area contributed by atoms with Gasteiger partial charge < -0.3 is 9.64 Å². The summed E-state index contributed by atoms with van der Waals surface area (Å²) < 4.78 is 29.8. The van der Waals surface area contributed by atoms with E-state index in [0.29, 0.717) is 32.5 Å². The second-order valence-corrected chi connectivity index (χ2v) is 7.27. The zero-order chi connectivity index (χ0) is 14.0. The molecular formula is C12H22N2O4S. The van der Waals surface area contributed by atoms with Gasteiger partial charge in [0.1, 0.15) is 6.23 Å². The Bertz CT molecular complexity index is 429. The minimum Gasteiger partial charge on any atom is -0.359 e. The third-order valence-corrected chi connectivity index (χ3v) is 5.20. The number of hydrogen-bond acceptors (Lipinski definition) is 4. The van der Waals surface area contributed by atoms with Crippen LogP contribution in [0.1, 0.15) is 26.2 Å². The van der Waals surface area contributed by atoms with Gasteiger partial charge in [0.15, 0.2) is 0 Å². The molecule has 0 aliphatic carbocycles. The molecule has 0 radical (unpaired) electrons. The fraction of sp³-hybridized carbons (Fsp3) is 0.917. The number of nitrogens with zero attached hydrogens (tertiary/aromatic N) is 2. The quantitative estimate of drug-likeness (QED) is 0.731. The van der Waals surface area contributed by atoms with Crippen molar-refractivity contribution < 1.29 is 17.9 Å². The number of amides is 1. The number of carbonyl (C=O) groups is 1. The van der Waals surface area contributed by atoms with Gasteiger partial charge in [0.2, 0.25) is 15.9 Å². The standard InChI is InChI=1S/C12H22N2O4S/c1-10-14(6-3-9-18-10)12(15)11-4-7-13(8-5-11)19(2,16)17/h10-11H,3-9H2,1-2H3. The Labute approximate surface area is 114 Å².